The van der Waals surface area contributed by atoms with Crippen molar-refractivity contribution in [3.8, 4) is 0 Å². The van der Waals surface area contributed by atoms with E-state index < -0.39 is 12.1 Å². The second kappa shape index (κ2) is 6.46. The van der Waals surface area contributed by atoms with Gasteiger partial charge >= 0.3 is 12.1 Å². The van der Waals surface area contributed by atoms with E-state index in [9.17, 15) is 18.0 Å². The molecule has 2 saturated heterocycles. The van der Waals surface area contributed by atoms with Crippen LogP contribution < -0.4 is 0 Å². The molecule has 1 amide bonds. The molecule has 0 aliphatic carbocycles. The van der Waals surface area contributed by atoms with Gasteiger partial charge in [-0.25, -0.2) is 0 Å². The molecule has 128 valence electrons. The summed E-state index contributed by atoms with van der Waals surface area (Å²) in [6.07, 6.45) is -1.24. The number of nitrogens with zero attached hydrogens (tertiary/aromatic N) is 4. The summed E-state index contributed by atoms with van der Waals surface area (Å²) >= 11 is 0. The number of likely N-dealkylation sites (tertiary alicyclic amines) is 2. The summed E-state index contributed by atoms with van der Waals surface area (Å²) in [6, 6.07) is 0. The highest BCUT2D eigenvalue weighted by Gasteiger charge is 2.39. The van der Waals surface area contributed by atoms with Crippen LogP contribution >= 0.6 is 0 Å². The van der Waals surface area contributed by atoms with E-state index in [1.54, 1.807) is 0 Å². The highest BCUT2D eigenvalue weighted by Crippen LogP contribution is 2.32. The predicted molar refractivity (Wildman–Crippen MR) is 73.5 cm³/mol. The molecule has 0 N–H and O–H groups in total. The molecule has 2 aliphatic heterocycles. The van der Waals surface area contributed by atoms with Gasteiger partial charge < -0.3 is 9.32 Å². The van der Waals surface area contributed by atoms with Gasteiger partial charge in [-0.05, 0) is 38.8 Å². The molecule has 0 spiro atoms. The van der Waals surface area contributed by atoms with E-state index >= 15 is 0 Å². The third-order valence-corrected chi connectivity index (χ3v) is 4.44. The Labute approximate surface area is 131 Å². The molecule has 2 aliphatic rings. The van der Waals surface area contributed by atoms with Crippen molar-refractivity contribution in [3.05, 3.63) is 11.8 Å². The number of alkyl halides is 3. The van der Waals surface area contributed by atoms with Gasteiger partial charge in [0, 0.05) is 19.0 Å². The fourth-order valence-corrected chi connectivity index (χ4v) is 3.11. The first kappa shape index (κ1) is 16.2. The highest BCUT2D eigenvalue weighted by molar-refractivity contribution is 5.78. The number of hydrogen-bond acceptors (Lipinski definition) is 5. The lowest BCUT2D eigenvalue weighted by Crippen LogP contribution is -2.42. The van der Waals surface area contributed by atoms with Crippen LogP contribution in [0.1, 0.15) is 43.4 Å². The van der Waals surface area contributed by atoms with Gasteiger partial charge in [-0.2, -0.15) is 13.2 Å². The van der Waals surface area contributed by atoms with Crippen LogP contribution in [-0.2, 0) is 11.0 Å². The fourth-order valence-electron chi connectivity index (χ4n) is 3.11. The number of halogens is 3. The maximum Gasteiger partial charge on any atom is 0.470 e. The van der Waals surface area contributed by atoms with Crippen LogP contribution in [-0.4, -0.2) is 58.6 Å². The van der Waals surface area contributed by atoms with E-state index in [2.05, 4.69) is 10.2 Å². The Morgan fingerprint density at radius 2 is 1.78 bits per heavy atom. The smallest absolute Gasteiger partial charge is 0.417 e. The Morgan fingerprint density at radius 3 is 2.35 bits per heavy atom. The van der Waals surface area contributed by atoms with Crippen molar-refractivity contribution in [2.75, 3.05) is 32.7 Å². The zero-order valence-corrected chi connectivity index (χ0v) is 12.7. The molecule has 23 heavy (non-hydrogen) atoms. The SMILES string of the molecule is O=C(CN1CCC(c2nnc(C(F)(F)F)o2)CC1)N1CCCC1. The standard InChI is InChI=1S/C14H19F3N4O2/c15-14(16,17)13-19-18-12(23-13)10-3-7-20(8-4-10)9-11(22)21-5-1-2-6-21/h10H,1-9H2. The minimum absolute atomic E-state index is 0.0443. The quantitative estimate of drug-likeness (QED) is 0.846. The third kappa shape index (κ3) is 3.82. The van der Waals surface area contributed by atoms with Crippen molar-refractivity contribution in [3.63, 3.8) is 0 Å². The van der Waals surface area contributed by atoms with Crippen LogP contribution in [0.25, 0.3) is 0 Å². The number of piperidine rings is 1. The Morgan fingerprint density at radius 1 is 1.13 bits per heavy atom. The fraction of sp³-hybridized carbons (Fsp3) is 0.786. The van der Waals surface area contributed by atoms with Gasteiger partial charge in [0.05, 0.1) is 6.54 Å². The van der Waals surface area contributed by atoms with Crippen molar-refractivity contribution in [1.29, 1.82) is 0 Å². The third-order valence-electron chi connectivity index (χ3n) is 4.44. The van der Waals surface area contributed by atoms with Gasteiger partial charge in [0.15, 0.2) is 0 Å². The van der Waals surface area contributed by atoms with Gasteiger partial charge in [0.2, 0.25) is 11.8 Å². The van der Waals surface area contributed by atoms with E-state index in [-0.39, 0.29) is 17.7 Å². The molecule has 1 aromatic heterocycles. The normalized spacial score (nSPS) is 21.1. The average Bonchev–Trinajstić information content (AvgIpc) is 3.19. The van der Waals surface area contributed by atoms with E-state index in [1.807, 2.05) is 9.80 Å². The molecule has 0 atom stereocenters. The van der Waals surface area contributed by atoms with Gasteiger partial charge in [0.1, 0.15) is 0 Å². The summed E-state index contributed by atoms with van der Waals surface area (Å²) in [5.74, 6) is -1.28. The van der Waals surface area contributed by atoms with E-state index in [0.29, 0.717) is 32.5 Å². The monoisotopic (exact) mass is 332 g/mol. The molecule has 6 nitrogen and oxygen atoms in total. The molecule has 2 fully saturated rings. The summed E-state index contributed by atoms with van der Waals surface area (Å²) in [7, 11) is 0. The van der Waals surface area contributed by atoms with E-state index in [0.717, 1.165) is 25.9 Å². The first-order valence-corrected chi connectivity index (χ1v) is 7.84. The van der Waals surface area contributed by atoms with Crippen molar-refractivity contribution < 1.29 is 22.4 Å². The molecule has 9 heteroatoms. The van der Waals surface area contributed by atoms with Crippen molar-refractivity contribution in [2.45, 2.75) is 37.8 Å². The summed E-state index contributed by atoms with van der Waals surface area (Å²) in [5.41, 5.74) is 0. The van der Waals surface area contributed by atoms with Gasteiger partial charge in [0.25, 0.3) is 0 Å². The molecular weight excluding hydrogens is 313 g/mol. The number of carbonyl (C=O) groups is 1. The zero-order valence-electron chi connectivity index (χ0n) is 12.7. The van der Waals surface area contributed by atoms with Gasteiger partial charge in [-0.15, -0.1) is 10.2 Å². The molecule has 0 unspecified atom stereocenters. The molecule has 3 rings (SSSR count). The zero-order chi connectivity index (χ0) is 16.4. The summed E-state index contributed by atoms with van der Waals surface area (Å²) < 4.78 is 42.2. The summed E-state index contributed by atoms with van der Waals surface area (Å²) in [6.45, 7) is 3.33. The predicted octanol–water partition coefficient (Wildman–Crippen LogP) is 1.89. The van der Waals surface area contributed by atoms with Crippen LogP contribution in [0.4, 0.5) is 13.2 Å². The van der Waals surface area contributed by atoms with Crippen LogP contribution in [0, 0.1) is 0 Å². The van der Waals surface area contributed by atoms with E-state index in [1.165, 1.54) is 0 Å². The Balaban J connectivity index is 1.50. The molecule has 3 heterocycles. The lowest BCUT2D eigenvalue weighted by atomic mass is 9.97. The molecule has 1 aromatic rings. The lowest BCUT2D eigenvalue weighted by molar-refractivity contribution is -0.157. The van der Waals surface area contributed by atoms with Gasteiger partial charge in [-0.1, -0.05) is 0 Å². The second-order valence-electron chi connectivity index (χ2n) is 6.08. The molecule has 0 radical (unpaired) electrons. The first-order chi connectivity index (χ1) is 10.9. The highest BCUT2D eigenvalue weighted by atomic mass is 19.4. The van der Waals surface area contributed by atoms with Gasteiger partial charge in [-0.3, -0.25) is 9.69 Å². The number of rotatable bonds is 3. The topological polar surface area (TPSA) is 62.5 Å². The van der Waals surface area contributed by atoms with Crippen LogP contribution in [0.3, 0.4) is 0 Å². The first-order valence-electron chi connectivity index (χ1n) is 7.84. The molecule has 0 aromatic carbocycles. The van der Waals surface area contributed by atoms with Crippen LogP contribution in [0.15, 0.2) is 4.42 Å². The average molecular weight is 332 g/mol. The van der Waals surface area contributed by atoms with E-state index in [4.69, 9.17) is 4.42 Å². The minimum atomic E-state index is -4.60. The summed E-state index contributed by atoms with van der Waals surface area (Å²) in [5, 5.41) is 6.59. The molecule has 0 bridgehead atoms. The number of amides is 1. The van der Waals surface area contributed by atoms with Crippen molar-refractivity contribution in [2.24, 2.45) is 0 Å². The Bertz CT molecular complexity index is 546. The van der Waals surface area contributed by atoms with Crippen molar-refractivity contribution in [1.82, 2.24) is 20.0 Å². The maximum absolute atomic E-state index is 12.5. The largest absolute Gasteiger partial charge is 0.470 e. The molecular formula is C14H19F3N4O2. The van der Waals surface area contributed by atoms with Crippen molar-refractivity contribution >= 4 is 5.91 Å². The minimum Gasteiger partial charge on any atom is -0.417 e. The maximum atomic E-state index is 12.5. The summed E-state index contributed by atoms with van der Waals surface area (Å²) in [4.78, 5) is 16.0. The second-order valence-corrected chi connectivity index (χ2v) is 6.08. The Kier molecular flexibility index (Phi) is 4.56. The van der Waals surface area contributed by atoms with Crippen LogP contribution in [0.5, 0.6) is 0 Å². The number of aromatic nitrogens is 2. The lowest BCUT2D eigenvalue weighted by Gasteiger charge is -2.31. The number of carbonyl (C=O) groups excluding carboxylic acids is 1. The molecule has 0 saturated carbocycles. The Hall–Kier alpha value is -1.64. The number of hydrogen-bond donors (Lipinski definition) is 0. The van der Waals surface area contributed by atoms with Crippen LogP contribution in [0.2, 0.25) is 0 Å².